The van der Waals surface area contributed by atoms with Gasteiger partial charge in [-0.15, -0.1) is 0 Å². The number of hydrogen-bond acceptors (Lipinski definition) is 3. The molecular formula is C17H12O3. The molecule has 0 atom stereocenters. The summed E-state index contributed by atoms with van der Waals surface area (Å²) in [5.74, 6) is 0.0464. The second-order valence-electron chi connectivity index (χ2n) is 4.55. The molecule has 0 amide bonds. The first-order valence-electron chi connectivity index (χ1n) is 6.30. The van der Waals surface area contributed by atoms with Crippen molar-refractivity contribution < 1.29 is 9.21 Å². The van der Waals surface area contributed by atoms with E-state index < -0.39 is 0 Å². The van der Waals surface area contributed by atoms with E-state index in [1.807, 2.05) is 30.3 Å². The van der Waals surface area contributed by atoms with Crippen LogP contribution in [0.4, 0.5) is 0 Å². The Balaban J connectivity index is 2.45. The molecule has 0 saturated heterocycles. The Bertz CT molecular complexity index is 845. The van der Waals surface area contributed by atoms with E-state index in [1.165, 1.54) is 6.92 Å². The molecule has 3 heteroatoms. The minimum Gasteiger partial charge on any atom is -0.455 e. The first kappa shape index (κ1) is 12.4. The molecule has 2 aromatic carbocycles. The maximum Gasteiger partial charge on any atom is 0.204 e. The van der Waals surface area contributed by atoms with Crippen molar-refractivity contribution in [2.45, 2.75) is 6.92 Å². The van der Waals surface area contributed by atoms with Crippen molar-refractivity contribution in [2.24, 2.45) is 0 Å². The van der Waals surface area contributed by atoms with Crippen LogP contribution in [0, 0.1) is 0 Å². The number of hydrogen-bond donors (Lipinski definition) is 0. The fourth-order valence-electron chi connectivity index (χ4n) is 2.25. The second kappa shape index (κ2) is 4.78. The number of benzene rings is 2. The summed E-state index contributed by atoms with van der Waals surface area (Å²) in [6, 6.07) is 16.1. The maximum atomic E-state index is 12.5. The standard InChI is InChI=1S/C17H12O3/c1-11(18)15-16(19)13-9-5-6-10-14(13)20-17(15)12-7-3-2-4-8-12/h2-10H,1H3. The molecule has 0 bridgehead atoms. The topological polar surface area (TPSA) is 47.3 Å². The highest BCUT2D eigenvalue weighted by atomic mass is 16.3. The number of carbonyl (C=O) groups excluding carboxylic acids is 1. The molecule has 0 unspecified atom stereocenters. The maximum absolute atomic E-state index is 12.5. The molecule has 0 fully saturated rings. The Kier molecular flexibility index (Phi) is 2.95. The van der Waals surface area contributed by atoms with Crippen molar-refractivity contribution >= 4 is 16.8 Å². The zero-order valence-corrected chi connectivity index (χ0v) is 10.9. The molecule has 1 heterocycles. The second-order valence-corrected chi connectivity index (χ2v) is 4.55. The Morgan fingerprint density at radius 2 is 1.60 bits per heavy atom. The first-order valence-corrected chi connectivity index (χ1v) is 6.30. The van der Waals surface area contributed by atoms with Gasteiger partial charge in [-0.3, -0.25) is 9.59 Å². The van der Waals surface area contributed by atoms with Gasteiger partial charge in [-0.2, -0.15) is 0 Å². The summed E-state index contributed by atoms with van der Waals surface area (Å²) in [7, 11) is 0. The minimum atomic E-state index is -0.289. The molecule has 0 aliphatic heterocycles. The van der Waals surface area contributed by atoms with E-state index >= 15 is 0 Å². The fourth-order valence-corrected chi connectivity index (χ4v) is 2.25. The predicted molar refractivity (Wildman–Crippen MR) is 77.9 cm³/mol. The van der Waals surface area contributed by atoms with Gasteiger partial charge in [0.15, 0.2) is 5.78 Å². The zero-order valence-electron chi connectivity index (χ0n) is 10.9. The van der Waals surface area contributed by atoms with Crippen LogP contribution in [0.2, 0.25) is 0 Å². The van der Waals surface area contributed by atoms with Gasteiger partial charge in [-0.25, -0.2) is 0 Å². The third kappa shape index (κ3) is 1.93. The minimum absolute atomic E-state index is 0.106. The lowest BCUT2D eigenvalue weighted by Crippen LogP contribution is -2.14. The van der Waals surface area contributed by atoms with Gasteiger partial charge in [0, 0.05) is 5.56 Å². The fraction of sp³-hybridized carbons (Fsp3) is 0.0588. The lowest BCUT2D eigenvalue weighted by Gasteiger charge is -2.07. The van der Waals surface area contributed by atoms with Crippen molar-refractivity contribution in [3.63, 3.8) is 0 Å². The molecular weight excluding hydrogens is 252 g/mol. The van der Waals surface area contributed by atoms with E-state index in [1.54, 1.807) is 24.3 Å². The van der Waals surface area contributed by atoms with Gasteiger partial charge in [-0.05, 0) is 19.1 Å². The van der Waals surface area contributed by atoms with Crippen LogP contribution in [0.25, 0.3) is 22.3 Å². The van der Waals surface area contributed by atoms with Crippen molar-refractivity contribution in [1.29, 1.82) is 0 Å². The number of rotatable bonds is 2. The molecule has 20 heavy (non-hydrogen) atoms. The van der Waals surface area contributed by atoms with Crippen molar-refractivity contribution in [1.82, 2.24) is 0 Å². The predicted octanol–water partition coefficient (Wildman–Crippen LogP) is 3.66. The highest BCUT2D eigenvalue weighted by molar-refractivity contribution is 6.02. The normalized spacial score (nSPS) is 10.7. The van der Waals surface area contributed by atoms with Gasteiger partial charge in [0.25, 0.3) is 0 Å². The van der Waals surface area contributed by atoms with Crippen molar-refractivity contribution in [3.8, 4) is 11.3 Å². The summed E-state index contributed by atoms with van der Waals surface area (Å²) in [6.45, 7) is 1.38. The van der Waals surface area contributed by atoms with Gasteiger partial charge < -0.3 is 4.42 Å². The molecule has 0 N–H and O–H groups in total. The molecule has 0 aliphatic carbocycles. The van der Waals surface area contributed by atoms with E-state index in [2.05, 4.69) is 0 Å². The molecule has 98 valence electrons. The van der Waals surface area contributed by atoms with Gasteiger partial charge in [0.2, 0.25) is 5.43 Å². The Hall–Kier alpha value is -2.68. The summed E-state index contributed by atoms with van der Waals surface area (Å²) in [4.78, 5) is 24.3. The Labute approximate surface area is 115 Å². The molecule has 0 aliphatic rings. The lowest BCUT2D eigenvalue weighted by atomic mass is 10.0. The SMILES string of the molecule is CC(=O)c1c(-c2ccccc2)oc2ccccc2c1=O. The largest absolute Gasteiger partial charge is 0.455 e. The Morgan fingerprint density at radius 1 is 0.950 bits per heavy atom. The molecule has 3 rings (SSSR count). The van der Waals surface area contributed by atoms with Crippen LogP contribution < -0.4 is 5.43 Å². The highest BCUT2D eigenvalue weighted by Gasteiger charge is 2.18. The molecule has 0 radical (unpaired) electrons. The smallest absolute Gasteiger partial charge is 0.204 e. The van der Waals surface area contributed by atoms with Crippen LogP contribution in [0.3, 0.4) is 0 Å². The number of fused-ring (bicyclic) bond motifs is 1. The first-order chi connectivity index (χ1) is 9.68. The summed E-state index contributed by atoms with van der Waals surface area (Å²) >= 11 is 0. The van der Waals surface area contributed by atoms with E-state index in [0.717, 1.165) is 5.56 Å². The van der Waals surface area contributed by atoms with Gasteiger partial charge in [-0.1, -0.05) is 42.5 Å². The molecule has 0 saturated carbocycles. The van der Waals surface area contributed by atoms with E-state index in [0.29, 0.717) is 16.7 Å². The van der Waals surface area contributed by atoms with Gasteiger partial charge in [0.05, 0.1) is 5.39 Å². The highest BCUT2D eigenvalue weighted by Crippen LogP contribution is 2.25. The quantitative estimate of drug-likeness (QED) is 0.663. The van der Waals surface area contributed by atoms with Crippen molar-refractivity contribution in [3.05, 3.63) is 70.4 Å². The van der Waals surface area contributed by atoms with Crippen molar-refractivity contribution in [2.75, 3.05) is 0 Å². The molecule has 0 spiro atoms. The van der Waals surface area contributed by atoms with Crippen LogP contribution in [0.15, 0.2) is 63.8 Å². The van der Waals surface area contributed by atoms with Gasteiger partial charge in [0.1, 0.15) is 16.9 Å². The Morgan fingerprint density at radius 3 is 2.30 bits per heavy atom. The number of Topliss-reactive ketones (excluding diaryl/α,β-unsaturated/α-hetero) is 1. The summed E-state index contributed by atoms with van der Waals surface area (Å²) in [5.41, 5.74) is 1.04. The van der Waals surface area contributed by atoms with Crippen LogP contribution >= 0.6 is 0 Å². The monoisotopic (exact) mass is 264 g/mol. The van der Waals surface area contributed by atoms with E-state index in [-0.39, 0.29) is 16.8 Å². The van der Waals surface area contributed by atoms with Crippen LogP contribution in [-0.2, 0) is 0 Å². The third-order valence-electron chi connectivity index (χ3n) is 3.19. The average molecular weight is 264 g/mol. The summed E-state index contributed by atoms with van der Waals surface area (Å²) in [6.07, 6.45) is 0. The number of para-hydroxylation sites is 1. The molecule has 3 nitrogen and oxygen atoms in total. The lowest BCUT2D eigenvalue weighted by molar-refractivity contribution is 0.101. The number of carbonyl (C=O) groups is 1. The zero-order chi connectivity index (χ0) is 14.1. The summed E-state index contributed by atoms with van der Waals surface area (Å²) in [5, 5.41) is 0.428. The van der Waals surface area contributed by atoms with Crippen LogP contribution in [-0.4, -0.2) is 5.78 Å². The summed E-state index contributed by atoms with van der Waals surface area (Å²) < 4.78 is 5.80. The average Bonchev–Trinajstić information content (AvgIpc) is 2.47. The van der Waals surface area contributed by atoms with Gasteiger partial charge >= 0.3 is 0 Å². The number of ketones is 1. The third-order valence-corrected chi connectivity index (χ3v) is 3.19. The van der Waals surface area contributed by atoms with E-state index in [4.69, 9.17) is 4.42 Å². The van der Waals surface area contributed by atoms with Crippen LogP contribution in [0.1, 0.15) is 17.3 Å². The van der Waals surface area contributed by atoms with E-state index in [9.17, 15) is 9.59 Å². The molecule has 1 aromatic heterocycles. The van der Waals surface area contributed by atoms with Crippen LogP contribution in [0.5, 0.6) is 0 Å². The molecule has 3 aromatic rings.